The molecule has 0 fully saturated rings. The van der Waals surface area contributed by atoms with Crippen LogP contribution in [0.25, 0.3) is 0 Å². The lowest BCUT2D eigenvalue weighted by molar-refractivity contribution is 0.0948. The third-order valence-electron chi connectivity index (χ3n) is 3.87. The molecule has 0 bridgehead atoms. The van der Waals surface area contributed by atoms with E-state index < -0.39 is 0 Å². The minimum Gasteiger partial charge on any atom is -0.348 e. The van der Waals surface area contributed by atoms with Crippen LogP contribution in [0, 0.1) is 22.7 Å². The Morgan fingerprint density at radius 3 is 2.41 bits per heavy atom. The van der Waals surface area contributed by atoms with Crippen LogP contribution in [0.1, 0.15) is 27.0 Å². The van der Waals surface area contributed by atoms with E-state index in [-0.39, 0.29) is 5.91 Å². The van der Waals surface area contributed by atoms with Crippen LogP contribution in [-0.4, -0.2) is 5.91 Å². The molecule has 3 aromatic carbocycles. The van der Waals surface area contributed by atoms with Gasteiger partial charge in [-0.05, 0) is 42.0 Å². The molecule has 130 valence electrons. The number of carbonyl (C=O) groups excluding carboxylic acids is 1. The molecular weight excluding hydrogens is 354 g/mol. The van der Waals surface area contributed by atoms with Crippen molar-refractivity contribution in [2.75, 3.05) is 0 Å². The second kappa shape index (κ2) is 8.71. The molecule has 27 heavy (non-hydrogen) atoms. The number of amides is 1. The molecule has 1 amide bonds. The van der Waals surface area contributed by atoms with Gasteiger partial charge in [0, 0.05) is 16.3 Å². The Bertz CT molecular complexity index is 1060. The standard InChI is InChI=1S/C22H15N3OS/c23-13-16-6-5-7-17(12-16)15-25-22(26)19-9-2-4-11-21(19)27-20-10-3-1-8-18(20)14-24/h1-12H,15H2,(H,25,26). The van der Waals surface area contributed by atoms with E-state index in [2.05, 4.69) is 17.5 Å². The van der Waals surface area contributed by atoms with Gasteiger partial charge in [-0.15, -0.1) is 0 Å². The Morgan fingerprint density at radius 1 is 0.889 bits per heavy atom. The van der Waals surface area contributed by atoms with Crippen molar-refractivity contribution in [3.8, 4) is 12.1 Å². The van der Waals surface area contributed by atoms with Crippen molar-refractivity contribution in [2.45, 2.75) is 16.3 Å². The van der Waals surface area contributed by atoms with Gasteiger partial charge in [-0.3, -0.25) is 4.79 Å². The molecule has 0 saturated carbocycles. The average Bonchev–Trinajstić information content (AvgIpc) is 2.73. The maximum Gasteiger partial charge on any atom is 0.252 e. The maximum atomic E-state index is 12.7. The van der Waals surface area contributed by atoms with E-state index in [9.17, 15) is 10.1 Å². The van der Waals surface area contributed by atoms with Gasteiger partial charge in [-0.2, -0.15) is 10.5 Å². The third kappa shape index (κ3) is 4.55. The molecule has 0 unspecified atom stereocenters. The number of nitrogens with one attached hydrogen (secondary N) is 1. The summed E-state index contributed by atoms with van der Waals surface area (Å²) in [5.74, 6) is -0.199. The van der Waals surface area contributed by atoms with Crippen molar-refractivity contribution >= 4 is 17.7 Å². The molecule has 1 N–H and O–H groups in total. The van der Waals surface area contributed by atoms with Gasteiger partial charge >= 0.3 is 0 Å². The van der Waals surface area contributed by atoms with Gasteiger partial charge in [0.25, 0.3) is 5.91 Å². The summed E-state index contributed by atoms with van der Waals surface area (Å²) in [6, 6.07) is 26.0. The minimum absolute atomic E-state index is 0.199. The number of rotatable bonds is 5. The number of benzene rings is 3. The van der Waals surface area contributed by atoms with Crippen LogP contribution < -0.4 is 5.32 Å². The highest BCUT2D eigenvalue weighted by atomic mass is 32.2. The molecule has 3 aromatic rings. The first-order valence-electron chi connectivity index (χ1n) is 8.24. The Labute approximate surface area is 162 Å². The predicted octanol–water partition coefficient (Wildman–Crippen LogP) is 4.51. The predicted molar refractivity (Wildman–Crippen MR) is 104 cm³/mol. The molecular formula is C22H15N3OS. The minimum atomic E-state index is -0.199. The fourth-order valence-electron chi connectivity index (χ4n) is 2.54. The highest BCUT2D eigenvalue weighted by Gasteiger charge is 2.13. The molecule has 4 nitrogen and oxygen atoms in total. The number of nitriles is 2. The first-order chi connectivity index (χ1) is 13.2. The van der Waals surface area contributed by atoms with E-state index >= 15 is 0 Å². The van der Waals surface area contributed by atoms with Crippen LogP contribution in [0.5, 0.6) is 0 Å². The molecule has 0 aliphatic rings. The third-order valence-corrected chi connectivity index (χ3v) is 5.02. The van der Waals surface area contributed by atoms with Crippen molar-refractivity contribution in [2.24, 2.45) is 0 Å². The second-order valence-electron chi connectivity index (χ2n) is 5.70. The van der Waals surface area contributed by atoms with Gasteiger partial charge in [0.2, 0.25) is 0 Å². The van der Waals surface area contributed by atoms with Crippen LogP contribution in [0.3, 0.4) is 0 Å². The summed E-state index contributed by atoms with van der Waals surface area (Å²) in [6.45, 7) is 0.335. The van der Waals surface area contributed by atoms with E-state index in [1.165, 1.54) is 11.8 Å². The van der Waals surface area contributed by atoms with Crippen molar-refractivity contribution < 1.29 is 4.79 Å². The van der Waals surface area contributed by atoms with Crippen molar-refractivity contribution in [3.63, 3.8) is 0 Å². The topological polar surface area (TPSA) is 76.7 Å². The van der Waals surface area contributed by atoms with E-state index in [1.807, 2.05) is 42.5 Å². The number of hydrogen-bond acceptors (Lipinski definition) is 4. The zero-order valence-corrected chi connectivity index (χ0v) is 15.2. The average molecular weight is 369 g/mol. The molecule has 3 rings (SSSR count). The van der Waals surface area contributed by atoms with E-state index in [4.69, 9.17) is 5.26 Å². The van der Waals surface area contributed by atoms with E-state index in [0.29, 0.717) is 23.2 Å². The van der Waals surface area contributed by atoms with Gasteiger partial charge in [0.15, 0.2) is 0 Å². The fourth-order valence-corrected chi connectivity index (χ4v) is 3.56. The Hall–Kier alpha value is -3.54. The lowest BCUT2D eigenvalue weighted by atomic mass is 10.1. The summed E-state index contributed by atoms with van der Waals surface area (Å²) in [6.07, 6.45) is 0. The molecule has 0 aromatic heterocycles. The lowest BCUT2D eigenvalue weighted by Gasteiger charge is -2.11. The summed E-state index contributed by atoms with van der Waals surface area (Å²) >= 11 is 1.40. The molecule has 0 aliphatic carbocycles. The summed E-state index contributed by atoms with van der Waals surface area (Å²) in [5, 5.41) is 21.1. The fraction of sp³-hybridized carbons (Fsp3) is 0.0455. The molecule has 0 heterocycles. The zero-order chi connectivity index (χ0) is 19.1. The first kappa shape index (κ1) is 18.3. The Morgan fingerprint density at radius 2 is 1.63 bits per heavy atom. The van der Waals surface area contributed by atoms with Crippen molar-refractivity contribution in [1.82, 2.24) is 5.32 Å². The summed E-state index contributed by atoms with van der Waals surface area (Å²) < 4.78 is 0. The normalized spacial score (nSPS) is 9.85. The molecule has 0 aliphatic heterocycles. The van der Waals surface area contributed by atoms with E-state index in [0.717, 1.165) is 15.4 Å². The van der Waals surface area contributed by atoms with Crippen LogP contribution in [-0.2, 0) is 6.54 Å². The second-order valence-corrected chi connectivity index (χ2v) is 6.78. The molecule has 0 atom stereocenters. The van der Waals surface area contributed by atoms with E-state index in [1.54, 1.807) is 30.3 Å². The molecule has 0 saturated heterocycles. The van der Waals surface area contributed by atoms with Crippen LogP contribution >= 0.6 is 11.8 Å². The lowest BCUT2D eigenvalue weighted by Crippen LogP contribution is -2.23. The molecule has 5 heteroatoms. The quantitative estimate of drug-likeness (QED) is 0.718. The van der Waals surface area contributed by atoms with Gasteiger partial charge in [-0.1, -0.05) is 48.2 Å². The summed E-state index contributed by atoms with van der Waals surface area (Å²) in [5.41, 5.74) is 2.55. The monoisotopic (exact) mass is 369 g/mol. The van der Waals surface area contributed by atoms with Crippen LogP contribution in [0.2, 0.25) is 0 Å². The smallest absolute Gasteiger partial charge is 0.252 e. The number of carbonyl (C=O) groups is 1. The Balaban J connectivity index is 1.78. The summed E-state index contributed by atoms with van der Waals surface area (Å²) in [7, 11) is 0. The van der Waals surface area contributed by atoms with Gasteiger partial charge < -0.3 is 5.32 Å². The SMILES string of the molecule is N#Cc1cccc(CNC(=O)c2ccccc2Sc2ccccc2C#N)c1. The highest BCUT2D eigenvalue weighted by molar-refractivity contribution is 7.99. The van der Waals surface area contributed by atoms with Crippen molar-refractivity contribution in [1.29, 1.82) is 10.5 Å². The maximum absolute atomic E-state index is 12.7. The number of hydrogen-bond donors (Lipinski definition) is 1. The van der Waals surface area contributed by atoms with Gasteiger partial charge in [0.05, 0.1) is 22.8 Å². The number of nitrogens with zero attached hydrogens (tertiary/aromatic N) is 2. The van der Waals surface area contributed by atoms with Crippen molar-refractivity contribution in [3.05, 3.63) is 95.1 Å². The molecule has 0 spiro atoms. The Kier molecular flexibility index (Phi) is 5.89. The van der Waals surface area contributed by atoms with Crippen LogP contribution in [0.4, 0.5) is 0 Å². The largest absolute Gasteiger partial charge is 0.348 e. The zero-order valence-electron chi connectivity index (χ0n) is 14.3. The van der Waals surface area contributed by atoms with Gasteiger partial charge in [0.1, 0.15) is 6.07 Å². The highest BCUT2D eigenvalue weighted by Crippen LogP contribution is 2.32. The molecule has 0 radical (unpaired) electrons. The summed E-state index contributed by atoms with van der Waals surface area (Å²) in [4.78, 5) is 14.3. The van der Waals surface area contributed by atoms with Crippen LogP contribution in [0.15, 0.2) is 82.6 Å². The van der Waals surface area contributed by atoms with Gasteiger partial charge in [-0.25, -0.2) is 0 Å². The first-order valence-corrected chi connectivity index (χ1v) is 9.06.